The number of amides is 1. The number of fused-ring (bicyclic) bond motifs is 1. The average Bonchev–Trinajstić information content (AvgIpc) is 2.67. The first kappa shape index (κ1) is 12.5. The van der Waals surface area contributed by atoms with E-state index in [0.29, 0.717) is 13.0 Å². The lowest BCUT2D eigenvalue weighted by atomic mass is 10.3. The van der Waals surface area contributed by atoms with Gasteiger partial charge in [-0.3, -0.25) is 4.79 Å². The summed E-state index contributed by atoms with van der Waals surface area (Å²) < 4.78 is 1.77. The summed E-state index contributed by atoms with van der Waals surface area (Å²) in [5, 5.41) is 7.55. The SMILES string of the molecule is Cc1cc2ncc(CNCCCC(N)=O)cn2n1. The van der Waals surface area contributed by atoms with E-state index in [4.69, 9.17) is 5.73 Å². The number of aromatic nitrogens is 3. The number of carbonyl (C=O) groups excluding carboxylic acids is 1. The maximum atomic E-state index is 10.6. The molecule has 18 heavy (non-hydrogen) atoms. The Labute approximate surface area is 105 Å². The fraction of sp³-hybridized carbons (Fsp3) is 0.417. The third-order valence-electron chi connectivity index (χ3n) is 2.59. The zero-order chi connectivity index (χ0) is 13.0. The molecule has 0 atom stereocenters. The Balaban J connectivity index is 1.86. The minimum atomic E-state index is -0.257. The van der Waals surface area contributed by atoms with Crippen LogP contribution in [0.3, 0.4) is 0 Å². The van der Waals surface area contributed by atoms with Gasteiger partial charge in [-0.2, -0.15) is 5.10 Å². The Morgan fingerprint density at radius 3 is 3.17 bits per heavy atom. The van der Waals surface area contributed by atoms with Gasteiger partial charge in [0, 0.05) is 37.0 Å². The fourth-order valence-corrected chi connectivity index (χ4v) is 1.75. The monoisotopic (exact) mass is 247 g/mol. The number of primary amides is 1. The lowest BCUT2D eigenvalue weighted by Gasteiger charge is -2.04. The predicted octanol–water partition coefficient (Wildman–Crippen LogP) is 0.393. The molecule has 0 fully saturated rings. The van der Waals surface area contributed by atoms with E-state index in [0.717, 1.165) is 29.9 Å². The molecular weight excluding hydrogens is 230 g/mol. The average molecular weight is 247 g/mol. The third-order valence-corrected chi connectivity index (χ3v) is 2.59. The van der Waals surface area contributed by atoms with E-state index in [1.807, 2.05) is 25.4 Å². The molecule has 0 saturated carbocycles. The third kappa shape index (κ3) is 3.27. The Morgan fingerprint density at radius 1 is 1.56 bits per heavy atom. The van der Waals surface area contributed by atoms with Crippen molar-refractivity contribution in [2.24, 2.45) is 5.73 Å². The quantitative estimate of drug-likeness (QED) is 0.723. The van der Waals surface area contributed by atoms with Crippen LogP contribution in [0.2, 0.25) is 0 Å². The molecule has 6 nitrogen and oxygen atoms in total. The van der Waals surface area contributed by atoms with Crippen molar-refractivity contribution in [3.63, 3.8) is 0 Å². The number of aryl methyl sites for hydroxylation is 1. The van der Waals surface area contributed by atoms with E-state index in [2.05, 4.69) is 15.4 Å². The Bertz CT molecular complexity index is 548. The second-order valence-corrected chi connectivity index (χ2v) is 4.30. The first-order chi connectivity index (χ1) is 8.65. The van der Waals surface area contributed by atoms with E-state index in [-0.39, 0.29) is 5.91 Å². The lowest BCUT2D eigenvalue weighted by molar-refractivity contribution is -0.118. The van der Waals surface area contributed by atoms with Gasteiger partial charge in [-0.05, 0) is 19.9 Å². The fourth-order valence-electron chi connectivity index (χ4n) is 1.75. The van der Waals surface area contributed by atoms with Crippen molar-refractivity contribution in [1.82, 2.24) is 19.9 Å². The van der Waals surface area contributed by atoms with Crippen molar-refractivity contribution >= 4 is 11.6 Å². The van der Waals surface area contributed by atoms with Crippen LogP contribution in [-0.2, 0) is 11.3 Å². The Kier molecular flexibility index (Phi) is 3.88. The molecule has 2 rings (SSSR count). The molecule has 2 aromatic heterocycles. The molecule has 96 valence electrons. The molecule has 0 aliphatic carbocycles. The van der Waals surface area contributed by atoms with Gasteiger partial charge < -0.3 is 11.1 Å². The van der Waals surface area contributed by atoms with Crippen LogP contribution in [-0.4, -0.2) is 27.0 Å². The number of hydrogen-bond acceptors (Lipinski definition) is 4. The number of rotatable bonds is 6. The standard InChI is InChI=1S/C12H17N5O/c1-9-5-12-15-7-10(8-17(12)16-9)6-14-4-2-3-11(13)18/h5,7-8,14H,2-4,6H2,1H3,(H2,13,18). The van der Waals surface area contributed by atoms with Crippen LogP contribution < -0.4 is 11.1 Å². The predicted molar refractivity (Wildman–Crippen MR) is 67.9 cm³/mol. The van der Waals surface area contributed by atoms with Crippen LogP contribution >= 0.6 is 0 Å². The topological polar surface area (TPSA) is 85.3 Å². The van der Waals surface area contributed by atoms with Gasteiger partial charge in [-0.1, -0.05) is 0 Å². The molecule has 0 saturated heterocycles. The molecule has 2 heterocycles. The number of hydrogen-bond donors (Lipinski definition) is 2. The van der Waals surface area contributed by atoms with Gasteiger partial charge in [-0.25, -0.2) is 9.50 Å². The summed E-state index contributed by atoms with van der Waals surface area (Å²) in [5.41, 5.74) is 7.93. The maximum absolute atomic E-state index is 10.6. The summed E-state index contributed by atoms with van der Waals surface area (Å²) >= 11 is 0. The van der Waals surface area contributed by atoms with Crippen LogP contribution in [0, 0.1) is 6.92 Å². The van der Waals surface area contributed by atoms with Crippen LogP contribution in [0.4, 0.5) is 0 Å². The molecule has 0 spiro atoms. The van der Waals surface area contributed by atoms with Gasteiger partial charge in [0.25, 0.3) is 0 Å². The summed E-state index contributed by atoms with van der Waals surface area (Å²) in [6, 6.07) is 1.93. The zero-order valence-electron chi connectivity index (χ0n) is 10.4. The van der Waals surface area contributed by atoms with Crippen LogP contribution in [0.1, 0.15) is 24.1 Å². The highest BCUT2D eigenvalue weighted by Gasteiger charge is 2.00. The second kappa shape index (κ2) is 5.59. The summed E-state index contributed by atoms with van der Waals surface area (Å²) in [7, 11) is 0. The number of carbonyl (C=O) groups is 1. The van der Waals surface area contributed by atoms with E-state index in [1.54, 1.807) is 4.52 Å². The van der Waals surface area contributed by atoms with E-state index in [9.17, 15) is 4.79 Å². The van der Waals surface area contributed by atoms with Gasteiger partial charge in [0.15, 0.2) is 5.65 Å². The lowest BCUT2D eigenvalue weighted by Crippen LogP contribution is -2.18. The number of nitrogens with zero attached hydrogens (tertiary/aromatic N) is 3. The van der Waals surface area contributed by atoms with Gasteiger partial charge in [0.2, 0.25) is 5.91 Å². The smallest absolute Gasteiger partial charge is 0.217 e. The highest BCUT2D eigenvalue weighted by atomic mass is 16.1. The van der Waals surface area contributed by atoms with Gasteiger partial charge in [0.05, 0.1) is 5.69 Å². The summed E-state index contributed by atoms with van der Waals surface area (Å²) in [5.74, 6) is -0.257. The van der Waals surface area contributed by atoms with E-state index in [1.165, 1.54) is 0 Å². The van der Waals surface area contributed by atoms with Crippen LogP contribution in [0.15, 0.2) is 18.5 Å². The van der Waals surface area contributed by atoms with E-state index >= 15 is 0 Å². The largest absolute Gasteiger partial charge is 0.370 e. The Hall–Kier alpha value is -1.95. The van der Waals surface area contributed by atoms with Crippen molar-refractivity contribution in [3.05, 3.63) is 29.7 Å². The van der Waals surface area contributed by atoms with Crippen LogP contribution in [0.25, 0.3) is 5.65 Å². The number of nitrogens with one attached hydrogen (secondary N) is 1. The molecule has 0 radical (unpaired) electrons. The molecule has 0 aliphatic heterocycles. The first-order valence-corrected chi connectivity index (χ1v) is 5.95. The molecule has 3 N–H and O–H groups in total. The molecule has 0 aromatic carbocycles. The molecular formula is C12H17N5O. The van der Waals surface area contributed by atoms with Crippen molar-refractivity contribution in [1.29, 1.82) is 0 Å². The first-order valence-electron chi connectivity index (χ1n) is 5.95. The second-order valence-electron chi connectivity index (χ2n) is 4.30. The van der Waals surface area contributed by atoms with Gasteiger partial charge >= 0.3 is 0 Å². The molecule has 0 unspecified atom stereocenters. The molecule has 1 amide bonds. The van der Waals surface area contributed by atoms with Crippen molar-refractivity contribution in [2.45, 2.75) is 26.3 Å². The maximum Gasteiger partial charge on any atom is 0.217 e. The summed E-state index contributed by atoms with van der Waals surface area (Å²) in [6.45, 7) is 3.41. The van der Waals surface area contributed by atoms with Crippen molar-refractivity contribution in [3.8, 4) is 0 Å². The Morgan fingerprint density at radius 2 is 2.39 bits per heavy atom. The zero-order valence-corrected chi connectivity index (χ0v) is 10.4. The van der Waals surface area contributed by atoms with Crippen LogP contribution in [0.5, 0.6) is 0 Å². The normalized spacial score (nSPS) is 10.9. The molecule has 2 aromatic rings. The van der Waals surface area contributed by atoms with E-state index < -0.39 is 0 Å². The molecule has 0 bridgehead atoms. The molecule has 6 heteroatoms. The van der Waals surface area contributed by atoms with Crippen molar-refractivity contribution < 1.29 is 4.79 Å². The highest BCUT2D eigenvalue weighted by molar-refractivity contribution is 5.73. The molecule has 0 aliphatic rings. The minimum Gasteiger partial charge on any atom is -0.370 e. The number of nitrogens with two attached hydrogens (primary N) is 1. The highest BCUT2D eigenvalue weighted by Crippen LogP contribution is 2.04. The summed E-state index contributed by atoms with van der Waals surface area (Å²) in [4.78, 5) is 14.9. The van der Waals surface area contributed by atoms with Crippen molar-refractivity contribution in [2.75, 3.05) is 6.54 Å². The summed E-state index contributed by atoms with van der Waals surface area (Å²) in [6.07, 6.45) is 4.96. The van der Waals surface area contributed by atoms with Gasteiger partial charge in [0.1, 0.15) is 0 Å². The minimum absolute atomic E-state index is 0.257. The van der Waals surface area contributed by atoms with Gasteiger partial charge in [-0.15, -0.1) is 0 Å².